The SMILES string of the molecule is CC/C=C\C/C=C\C/C=C\C/C=C\C/C=C\C/C=C\C/C=C\CCCCCCCCCCCCCCCCCCCC(=O)OC(COC(=O)CCCCCCC/C=C\C/C=C\C/C=C\CC)COP(=O)([O-])OCC[N+](C)(C)C. The molecule has 2 atom stereocenters. The highest BCUT2D eigenvalue weighted by Crippen LogP contribution is 2.38. The molecule has 0 aromatic rings. The summed E-state index contributed by atoms with van der Waals surface area (Å²) in [5.41, 5.74) is 0. The van der Waals surface area contributed by atoms with Crippen molar-refractivity contribution in [3.63, 3.8) is 0 Å². The molecule has 0 fully saturated rings. The van der Waals surface area contributed by atoms with Gasteiger partial charge < -0.3 is 27.9 Å². The molecule has 446 valence electrons. The maximum absolute atomic E-state index is 12.8. The van der Waals surface area contributed by atoms with E-state index in [-0.39, 0.29) is 26.1 Å². The van der Waals surface area contributed by atoms with E-state index in [4.69, 9.17) is 18.5 Å². The molecule has 0 aliphatic carbocycles. The van der Waals surface area contributed by atoms with Crippen LogP contribution in [0.5, 0.6) is 0 Å². The molecule has 0 bridgehead atoms. The van der Waals surface area contributed by atoms with Gasteiger partial charge in [0.2, 0.25) is 0 Å². The quantitative estimate of drug-likeness (QED) is 0.0195. The Morgan fingerprint density at radius 3 is 1.03 bits per heavy atom. The van der Waals surface area contributed by atoms with Crippen molar-refractivity contribution in [1.29, 1.82) is 0 Å². The zero-order valence-electron chi connectivity index (χ0n) is 50.6. The van der Waals surface area contributed by atoms with Gasteiger partial charge in [-0.2, -0.15) is 0 Å². The average molecular weight is 1110 g/mol. The second-order valence-electron chi connectivity index (χ2n) is 21.7. The minimum atomic E-state index is -4.64. The van der Waals surface area contributed by atoms with Crippen LogP contribution in [0.1, 0.15) is 245 Å². The zero-order chi connectivity index (χ0) is 57.0. The molecule has 0 N–H and O–H groups in total. The number of quaternary nitrogens is 1. The van der Waals surface area contributed by atoms with E-state index in [2.05, 4.69) is 135 Å². The lowest BCUT2D eigenvalue weighted by atomic mass is 10.0. The number of phosphoric acid groups is 1. The van der Waals surface area contributed by atoms with E-state index in [9.17, 15) is 19.0 Å². The van der Waals surface area contributed by atoms with Crippen molar-refractivity contribution in [3.05, 3.63) is 122 Å². The van der Waals surface area contributed by atoms with Crippen LogP contribution < -0.4 is 4.89 Å². The lowest BCUT2D eigenvalue weighted by Crippen LogP contribution is -2.37. The molecule has 0 rings (SSSR count). The number of ether oxygens (including phenoxy) is 2. The standard InChI is InChI=1S/C68H116NO8P/c1-6-8-10-12-14-16-18-20-22-23-24-25-26-27-28-29-30-31-32-33-34-35-36-37-38-39-40-41-42-43-44-45-47-49-51-53-55-57-59-61-68(71)77-66(65-76-78(72,73)75-63-62-69(3,4)5)64-74-67(70)60-58-56-54-52-50-48-46-21-19-17-15-13-11-9-7-2/h8-11,14-17,20-22,24-25,27-28,30-31,33-34,46,66H,6-7,12-13,18-19,23,26,29,32,35-45,47-65H2,1-5H3/b10-8-,11-9-,16-14-,17-15-,22-20-,25-24-,28-27-,31-30-,34-33-,46-21-. The van der Waals surface area contributed by atoms with Gasteiger partial charge in [0.05, 0.1) is 27.7 Å². The van der Waals surface area contributed by atoms with Gasteiger partial charge in [-0.05, 0) is 103 Å². The van der Waals surface area contributed by atoms with Gasteiger partial charge >= 0.3 is 11.9 Å². The monoisotopic (exact) mass is 1110 g/mol. The van der Waals surface area contributed by atoms with Gasteiger partial charge in [0.15, 0.2) is 6.10 Å². The first-order valence-corrected chi connectivity index (χ1v) is 32.7. The topological polar surface area (TPSA) is 111 Å². The van der Waals surface area contributed by atoms with Gasteiger partial charge in [0, 0.05) is 12.8 Å². The lowest BCUT2D eigenvalue weighted by molar-refractivity contribution is -0.870. The van der Waals surface area contributed by atoms with Gasteiger partial charge in [-0.25, -0.2) is 0 Å². The summed E-state index contributed by atoms with van der Waals surface area (Å²) in [5.74, 6) is -0.855. The van der Waals surface area contributed by atoms with E-state index < -0.39 is 32.5 Å². The first-order chi connectivity index (χ1) is 38.0. The van der Waals surface area contributed by atoms with Crippen LogP contribution in [0.4, 0.5) is 0 Å². The Morgan fingerprint density at radius 2 is 0.692 bits per heavy atom. The number of carbonyl (C=O) groups excluding carboxylic acids is 2. The number of likely N-dealkylation sites (N-methyl/N-ethyl adjacent to an activating group) is 1. The summed E-state index contributed by atoms with van der Waals surface area (Å²) in [6.07, 6.45) is 82.7. The highest BCUT2D eigenvalue weighted by molar-refractivity contribution is 7.45. The molecule has 0 aliphatic rings. The zero-order valence-corrected chi connectivity index (χ0v) is 51.5. The van der Waals surface area contributed by atoms with Gasteiger partial charge in [-0.3, -0.25) is 14.2 Å². The van der Waals surface area contributed by atoms with E-state index in [1.807, 2.05) is 21.1 Å². The minimum absolute atomic E-state index is 0.0379. The van der Waals surface area contributed by atoms with Gasteiger partial charge in [-0.1, -0.05) is 251 Å². The largest absolute Gasteiger partial charge is 0.756 e. The van der Waals surface area contributed by atoms with Crippen LogP contribution in [0.2, 0.25) is 0 Å². The lowest BCUT2D eigenvalue weighted by Gasteiger charge is -2.28. The van der Waals surface area contributed by atoms with Crippen molar-refractivity contribution < 1.29 is 42.1 Å². The van der Waals surface area contributed by atoms with Crippen LogP contribution in [0.3, 0.4) is 0 Å². The number of carbonyl (C=O) groups is 2. The second-order valence-corrected chi connectivity index (χ2v) is 23.1. The number of allylic oxidation sites excluding steroid dienone is 20. The van der Waals surface area contributed by atoms with Gasteiger partial charge in [-0.15, -0.1) is 0 Å². The molecule has 0 saturated carbocycles. The van der Waals surface area contributed by atoms with E-state index in [0.717, 1.165) is 116 Å². The Morgan fingerprint density at radius 1 is 0.397 bits per heavy atom. The normalized spacial score (nSPS) is 14.1. The summed E-state index contributed by atoms with van der Waals surface area (Å²) >= 11 is 0. The van der Waals surface area contributed by atoms with Crippen molar-refractivity contribution in [2.75, 3.05) is 47.5 Å². The first-order valence-electron chi connectivity index (χ1n) is 31.2. The van der Waals surface area contributed by atoms with E-state index in [1.165, 1.54) is 89.9 Å². The molecule has 78 heavy (non-hydrogen) atoms. The summed E-state index contributed by atoms with van der Waals surface area (Å²) in [6, 6.07) is 0. The molecule has 0 aliphatic heterocycles. The summed E-state index contributed by atoms with van der Waals surface area (Å²) in [4.78, 5) is 37.8. The van der Waals surface area contributed by atoms with Crippen molar-refractivity contribution in [1.82, 2.24) is 0 Å². The van der Waals surface area contributed by atoms with Gasteiger partial charge in [0.25, 0.3) is 7.82 Å². The molecular formula is C68H116NO8P. The van der Waals surface area contributed by atoms with E-state index >= 15 is 0 Å². The molecule has 0 spiro atoms. The minimum Gasteiger partial charge on any atom is -0.756 e. The third-order valence-corrected chi connectivity index (χ3v) is 13.9. The van der Waals surface area contributed by atoms with Crippen LogP contribution in [-0.4, -0.2) is 70.0 Å². The second kappa shape index (κ2) is 58.1. The van der Waals surface area contributed by atoms with Crippen LogP contribution in [0.15, 0.2) is 122 Å². The number of hydrogen-bond acceptors (Lipinski definition) is 8. The molecule has 0 amide bonds. The highest BCUT2D eigenvalue weighted by atomic mass is 31.2. The smallest absolute Gasteiger partial charge is 0.306 e. The molecule has 0 aromatic heterocycles. The molecule has 2 unspecified atom stereocenters. The van der Waals surface area contributed by atoms with Crippen molar-refractivity contribution in [3.8, 4) is 0 Å². The Hall–Kier alpha value is -3.59. The van der Waals surface area contributed by atoms with Crippen molar-refractivity contribution in [2.45, 2.75) is 251 Å². The molecular weight excluding hydrogens is 990 g/mol. The summed E-state index contributed by atoms with van der Waals surface area (Å²) in [6.45, 7) is 3.99. The first kappa shape index (κ1) is 74.4. The number of phosphoric ester groups is 1. The van der Waals surface area contributed by atoms with Gasteiger partial charge in [0.1, 0.15) is 19.8 Å². The number of nitrogens with zero attached hydrogens (tertiary/aromatic N) is 1. The van der Waals surface area contributed by atoms with E-state index in [0.29, 0.717) is 23.9 Å². The van der Waals surface area contributed by atoms with Crippen LogP contribution >= 0.6 is 7.82 Å². The molecule has 0 radical (unpaired) electrons. The van der Waals surface area contributed by atoms with Crippen LogP contribution in [0, 0.1) is 0 Å². The number of hydrogen-bond donors (Lipinski definition) is 0. The Balaban J connectivity index is 4.01. The molecule has 0 aromatic carbocycles. The molecule has 0 heterocycles. The fraction of sp³-hybridized carbons (Fsp3) is 0.676. The average Bonchev–Trinajstić information content (AvgIpc) is 3.41. The van der Waals surface area contributed by atoms with Crippen molar-refractivity contribution in [2.24, 2.45) is 0 Å². The fourth-order valence-corrected chi connectivity index (χ4v) is 8.97. The number of esters is 2. The van der Waals surface area contributed by atoms with Crippen molar-refractivity contribution >= 4 is 19.8 Å². The summed E-state index contributed by atoms with van der Waals surface area (Å²) in [5, 5.41) is 0. The maximum Gasteiger partial charge on any atom is 0.306 e. The summed E-state index contributed by atoms with van der Waals surface area (Å²) in [7, 11) is 1.15. The Labute approximate surface area is 479 Å². The molecule has 9 nitrogen and oxygen atoms in total. The third-order valence-electron chi connectivity index (χ3n) is 13.0. The van der Waals surface area contributed by atoms with E-state index in [1.54, 1.807) is 0 Å². The van der Waals surface area contributed by atoms with Crippen LogP contribution in [-0.2, 0) is 32.7 Å². The predicted octanol–water partition coefficient (Wildman–Crippen LogP) is 19.3. The molecule has 10 heteroatoms. The summed E-state index contributed by atoms with van der Waals surface area (Å²) < 4.78 is 34.1. The third kappa shape index (κ3) is 61.6. The predicted molar refractivity (Wildman–Crippen MR) is 332 cm³/mol. The number of rotatable bonds is 56. The Bertz CT molecular complexity index is 1730. The molecule has 0 saturated heterocycles. The number of unbranched alkanes of at least 4 members (excludes halogenated alkanes) is 22. The highest BCUT2D eigenvalue weighted by Gasteiger charge is 2.22. The van der Waals surface area contributed by atoms with Crippen LogP contribution in [0.25, 0.3) is 0 Å². The Kier molecular flexibility index (Phi) is 55.4. The fourth-order valence-electron chi connectivity index (χ4n) is 8.24. The maximum atomic E-state index is 12.8.